The van der Waals surface area contributed by atoms with E-state index in [2.05, 4.69) is 0 Å². The molecule has 0 saturated heterocycles. The molecule has 0 aliphatic carbocycles. The Morgan fingerprint density at radius 3 is 2.29 bits per heavy atom. The summed E-state index contributed by atoms with van der Waals surface area (Å²) in [7, 11) is 0. The van der Waals surface area contributed by atoms with Crippen LogP contribution < -0.4 is 5.73 Å². The van der Waals surface area contributed by atoms with E-state index in [0.29, 0.717) is 22.4 Å². The molecule has 3 rings (SSSR count). The number of halogens is 1. The summed E-state index contributed by atoms with van der Waals surface area (Å²) >= 11 is 0. The first-order valence-corrected chi connectivity index (χ1v) is 6.65. The van der Waals surface area contributed by atoms with Crippen molar-refractivity contribution in [3.63, 3.8) is 0 Å². The lowest BCUT2D eigenvalue weighted by molar-refractivity contribution is 0.103. The van der Waals surface area contributed by atoms with Gasteiger partial charge in [-0.05, 0) is 53.6 Å². The van der Waals surface area contributed by atoms with Gasteiger partial charge < -0.3 is 5.73 Å². The van der Waals surface area contributed by atoms with Gasteiger partial charge in [-0.1, -0.05) is 24.3 Å². The molecule has 0 aliphatic heterocycles. The van der Waals surface area contributed by atoms with E-state index in [0.717, 1.165) is 10.8 Å². The van der Waals surface area contributed by atoms with Crippen LogP contribution in [0.5, 0.6) is 0 Å². The highest BCUT2D eigenvalue weighted by Crippen LogP contribution is 2.25. The van der Waals surface area contributed by atoms with Crippen LogP contribution in [0.4, 0.5) is 10.1 Å². The van der Waals surface area contributed by atoms with Crippen LogP contribution in [0.1, 0.15) is 21.5 Å². The molecule has 3 aromatic carbocycles. The van der Waals surface area contributed by atoms with E-state index in [1.54, 1.807) is 19.1 Å². The highest BCUT2D eigenvalue weighted by molar-refractivity contribution is 6.14. The van der Waals surface area contributed by atoms with Gasteiger partial charge in [0, 0.05) is 16.8 Å². The van der Waals surface area contributed by atoms with Crippen molar-refractivity contribution in [2.24, 2.45) is 0 Å². The van der Waals surface area contributed by atoms with Crippen molar-refractivity contribution in [1.82, 2.24) is 0 Å². The lowest BCUT2D eigenvalue weighted by Crippen LogP contribution is -2.07. The van der Waals surface area contributed by atoms with Crippen LogP contribution in [0.25, 0.3) is 10.8 Å². The Morgan fingerprint density at radius 2 is 1.62 bits per heavy atom. The van der Waals surface area contributed by atoms with Gasteiger partial charge in [0.05, 0.1) is 0 Å². The minimum absolute atomic E-state index is 0.184. The molecule has 104 valence electrons. The van der Waals surface area contributed by atoms with E-state index in [9.17, 15) is 9.18 Å². The van der Waals surface area contributed by atoms with Crippen LogP contribution in [0, 0.1) is 12.7 Å². The molecule has 2 nitrogen and oxygen atoms in total. The molecule has 21 heavy (non-hydrogen) atoms. The van der Waals surface area contributed by atoms with Gasteiger partial charge in [-0.3, -0.25) is 4.79 Å². The van der Waals surface area contributed by atoms with Crippen molar-refractivity contribution in [3.05, 3.63) is 77.1 Å². The molecule has 0 fully saturated rings. The Bertz CT molecular complexity index is 855. The maximum atomic E-state index is 13.2. The molecule has 0 radical (unpaired) electrons. The number of fused-ring (bicyclic) bond motifs is 1. The topological polar surface area (TPSA) is 43.1 Å². The molecule has 0 aromatic heterocycles. The highest BCUT2D eigenvalue weighted by atomic mass is 19.1. The number of rotatable bonds is 2. The zero-order chi connectivity index (χ0) is 15.0. The van der Waals surface area contributed by atoms with Gasteiger partial charge in [-0.15, -0.1) is 0 Å². The highest BCUT2D eigenvalue weighted by Gasteiger charge is 2.15. The largest absolute Gasteiger partial charge is 0.398 e. The second kappa shape index (κ2) is 5.02. The van der Waals surface area contributed by atoms with Crippen LogP contribution in [0.15, 0.2) is 54.6 Å². The predicted molar refractivity (Wildman–Crippen MR) is 82.9 cm³/mol. The minimum Gasteiger partial charge on any atom is -0.398 e. The maximum absolute atomic E-state index is 13.2. The summed E-state index contributed by atoms with van der Waals surface area (Å²) in [5, 5.41) is 1.94. The summed E-state index contributed by atoms with van der Waals surface area (Å²) in [5.74, 6) is -0.536. The molecular formula is C18H14FNO. The quantitative estimate of drug-likeness (QED) is 0.567. The Balaban J connectivity index is 2.15. The zero-order valence-electron chi connectivity index (χ0n) is 11.6. The van der Waals surface area contributed by atoms with E-state index in [1.807, 2.05) is 24.3 Å². The minimum atomic E-state index is -0.351. The van der Waals surface area contributed by atoms with Gasteiger partial charge in [0.2, 0.25) is 0 Å². The molecule has 0 bridgehead atoms. The SMILES string of the molecule is Cc1cc(F)ccc1C(=O)c1cc2ccccc2cc1N. The molecular weight excluding hydrogens is 265 g/mol. The Kier molecular flexibility index (Phi) is 3.18. The number of nitrogens with two attached hydrogens (primary N) is 1. The molecule has 2 N–H and O–H groups in total. The van der Waals surface area contributed by atoms with Gasteiger partial charge in [0.15, 0.2) is 5.78 Å². The fourth-order valence-electron chi connectivity index (χ4n) is 2.48. The van der Waals surface area contributed by atoms with Crippen molar-refractivity contribution in [2.45, 2.75) is 6.92 Å². The van der Waals surface area contributed by atoms with Gasteiger partial charge in [0.1, 0.15) is 5.82 Å². The second-order valence-corrected chi connectivity index (χ2v) is 5.07. The smallest absolute Gasteiger partial charge is 0.195 e. The summed E-state index contributed by atoms with van der Waals surface area (Å²) in [6.45, 7) is 1.72. The molecule has 0 atom stereocenters. The Hall–Kier alpha value is -2.68. The van der Waals surface area contributed by atoms with E-state index in [4.69, 9.17) is 5.73 Å². The van der Waals surface area contributed by atoms with Gasteiger partial charge in [0.25, 0.3) is 0 Å². The molecule has 3 heteroatoms. The third-order valence-corrected chi connectivity index (χ3v) is 3.60. The average molecular weight is 279 g/mol. The number of hydrogen-bond acceptors (Lipinski definition) is 2. The van der Waals surface area contributed by atoms with Crippen LogP contribution >= 0.6 is 0 Å². The fourth-order valence-corrected chi connectivity index (χ4v) is 2.48. The lowest BCUT2D eigenvalue weighted by Gasteiger charge is -2.09. The van der Waals surface area contributed by atoms with E-state index in [1.165, 1.54) is 18.2 Å². The Morgan fingerprint density at radius 1 is 0.952 bits per heavy atom. The molecule has 0 unspecified atom stereocenters. The number of ketones is 1. The van der Waals surface area contributed by atoms with Crippen LogP contribution in [-0.2, 0) is 0 Å². The number of benzene rings is 3. The van der Waals surface area contributed by atoms with Gasteiger partial charge in [-0.25, -0.2) is 4.39 Å². The first kappa shape index (κ1) is 13.3. The Labute approximate surface area is 122 Å². The molecule has 0 saturated carbocycles. The molecule has 0 spiro atoms. The summed E-state index contributed by atoms with van der Waals surface area (Å²) < 4.78 is 13.2. The lowest BCUT2D eigenvalue weighted by atomic mass is 9.95. The standard InChI is InChI=1S/C18H14FNO/c1-11-8-14(19)6-7-15(11)18(21)16-9-12-4-2-3-5-13(12)10-17(16)20/h2-10H,20H2,1H3. The number of nitrogen functional groups attached to an aromatic ring is 1. The van der Waals surface area contributed by atoms with Crippen molar-refractivity contribution in [1.29, 1.82) is 0 Å². The third kappa shape index (κ3) is 2.38. The monoisotopic (exact) mass is 279 g/mol. The third-order valence-electron chi connectivity index (χ3n) is 3.60. The predicted octanol–water partition coefficient (Wildman–Crippen LogP) is 4.10. The zero-order valence-corrected chi connectivity index (χ0v) is 11.6. The molecule has 3 aromatic rings. The number of aryl methyl sites for hydroxylation is 1. The molecule has 0 aliphatic rings. The summed E-state index contributed by atoms with van der Waals surface area (Å²) in [6.07, 6.45) is 0. The number of carbonyl (C=O) groups excluding carboxylic acids is 1. The number of hydrogen-bond donors (Lipinski definition) is 1. The van der Waals surface area contributed by atoms with Crippen molar-refractivity contribution >= 4 is 22.2 Å². The van der Waals surface area contributed by atoms with Gasteiger partial charge >= 0.3 is 0 Å². The first-order valence-electron chi connectivity index (χ1n) is 6.65. The van der Waals surface area contributed by atoms with E-state index < -0.39 is 0 Å². The summed E-state index contributed by atoms with van der Waals surface area (Å²) in [4.78, 5) is 12.6. The van der Waals surface area contributed by atoms with Crippen LogP contribution in [0.2, 0.25) is 0 Å². The molecule has 0 amide bonds. The maximum Gasteiger partial charge on any atom is 0.195 e. The molecule has 0 heterocycles. The summed E-state index contributed by atoms with van der Waals surface area (Å²) in [5.41, 5.74) is 7.97. The fraction of sp³-hybridized carbons (Fsp3) is 0.0556. The summed E-state index contributed by atoms with van der Waals surface area (Å²) in [6, 6.07) is 15.4. The number of anilines is 1. The second-order valence-electron chi connectivity index (χ2n) is 5.07. The van der Waals surface area contributed by atoms with Crippen LogP contribution in [-0.4, -0.2) is 5.78 Å². The van der Waals surface area contributed by atoms with Gasteiger partial charge in [-0.2, -0.15) is 0 Å². The van der Waals surface area contributed by atoms with Crippen molar-refractivity contribution in [3.8, 4) is 0 Å². The van der Waals surface area contributed by atoms with E-state index >= 15 is 0 Å². The number of carbonyl (C=O) groups is 1. The normalized spacial score (nSPS) is 10.8. The van der Waals surface area contributed by atoms with Crippen LogP contribution in [0.3, 0.4) is 0 Å². The first-order chi connectivity index (χ1) is 10.1. The average Bonchev–Trinajstić information content (AvgIpc) is 2.46. The van der Waals surface area contributed by atoms with E-state index in [-0.39, 0.29) is 11.6 Å². The van der Waals surface area contributed by atoms with Crippen molar-refractivity contribution < 1.29 is 9.18 Å². The van der Waals surface area contributed by atoms with Crippen molar-refractivity contribution in [2.75, 3.05) is 5.73 Å².